The quantitative estimate of drug-likeness (QED) is 0.496. The number of anilines is 1. The van der Waals surface area contributed by atoms with E-state index in [0.29, 0.717) is 10.6 Å². The minimum Gasteiger partial charge on any atom is -0.449 e. The van der Waals surface area contributed by atoms with Gasteiger partial charge < -0.3 is 10.1 Å². The van der Waals surface area contributed by atoms with Crippen LogP contribution in [0, 0.1) is 17.0 Å². The summed E-state index contributed by atoms with van der Waals surface area (Å²) in [6, 6.07) is 6.90. The summed E-state index contributed by atoms with van der Waals surface area (Å²) in [7, 11) is 0. The summed E-state index contributed by atoms with van der Waals surface area (Å²) in [5.74, 6) is -1.06. The van der Waals surface area contributed by atoms with Crippen LogP contribution in [0.15, 0.2) is 36.5 Å². The fraction of sp³-hybridized carbons (Fsp3) is 0.188. The topological polar surface area (TPSA) is 111 Å². The van der Waals surface area contributed by atoms with E-state index in [-0.39, 0.29) is 17.1 Å². The molecule has 1 aromatic heterocycles. The highest BCUT2D eigenvalue weighted by Crippen LogP contribution is 2.19. The Labute approximate surface area is 147 Å². The number of benzene rings is 1. The van der Waals surface area contributed by atoms with Crippen molar-refractivity contribution in [2.45, 2.75) is 20.0 Å². The summed E-state index contributed by atoms with van der Waals surface area (Å²) in [6.45, 7) is 2.92. The number of pyridine rings is 1. The van der Waals surface area contributed by atoms with Crippen LogP contribution >= 0.6 is 11.6 Å². The van der Waals surface area contributed by atoms with E-state index in [9.17, 15) is 19.7 Å². The molecule has 2 rings (SSSR count). The smallest absolute Gasteiger partial charge is 0.338 e. The molecule has 0 aliphatic rings. The number of aromatic nitrogens is 1. The second-order valence-corrected chi connectivity index (χ2v) is 5.59. The van der Waals surface area contributed by atoms with Crippen molar-refractivity contribution in [1.29, 1.82) is 0 Å². The zero-order chi connectivity index (χ0) is 18.6. The highest BCUT2D eigenvalue weighted by atomic mass is 35.5. The molecule has 1 amide bonds. The number of esters is 1. The van der Waals surface area contributed by atoms with Crippen LogP contribution < -0.4 is 5.32 Å². The Bertz CT molecular complexity index is 823. The molecule has 1 aromatic carbocycles. The molecule has 8 nitrogen and oxygen atoms in total. The van der Waals surface area contributed by atoms with Gasteiger partial charge in [-0.25, -0.2) is 9.78 Å². The number of rotatable bonds is 5. The molecule has 130 valence electrons. The van der Waals surface area contributed by atoms with Gasteiger partial charge in [-0.2, -0.15) is 0 Å². The minimum absolute atomic E-state index is 0.101. The molecule has 0 unspecified atom stereocenters. The van der Waals surface area contributed by atoms with Crippen LogP contribution in [0.2, 0.25) is 5.02 Å². The van der Waals surface area contributed by atoms with Gasteiger partial charge >= 0.3 is 5.97 Å². The number of nitrogens with one attached hydrogen (secondary N) is 1. The Morgan fingerprint density at radius 3 is 2.60 bits per heavy atom. The number of aryl methyl sites for hydroxylation is 1. The van der Waals surface area contributed by atoms with Gasteiger partial charge in [0, 0.05) is 17.8 Å². The lowest BCUT2D eigenvalue weighted by atomic mass is 10.1. The summed E-state index contributed by atoms with van der Waals surface area (Å²) in [5.41, 5.74) is 0.338. The number of carbonyl (C=O) groups is 2. The van der Waals surface area contributed by atoms with Gasteiger partial charge in [-0.05, 0) is 38.1 Å². The summed E-state index contributed by atoms with van der Waals surface area (Å²) < 4.78 is 5.07. The van der Waals surface area contributed by atoms with Gasteiger partial charge in [0.15, 0.2) is 6.10 Å². The average Bonchev–Trinajstić information content (AvgIpc) is 2.56. The zero-order valence-electron chi connectivity index (χ0n) is 13.4. The minimum atomic E-state index is -1.08. The predicted molar refractivity (Wildman–Crippen MR) is 90.6 cm³/mol. The number of hydrogen-bond donors (Lipinski definition) is 1. The van der Waals surface area contributed by atoms with E-state index in [2.05, 4.69) is 10.3 Å². The van der Waals surface area contributed by atoms with Gasteiger partial charge in [0.25, 0.3) is 11.6 Å². The fourth-order valence-corrected chi connectivity index (χ4v) is 2.06. The highest BCUT2D eigenvalue weighted by Gasteiger charge is 2.21. The maximum absolute atomic E-state index is 12.1. The standard InChI is InChI=1S/C16H14ClN3O5/c1-9-7-11(3-5-13(9)20(23)24)16(22)25-10(2)15(21)19-14-6-4-12(17)8-18-14/h3-8,10H,1-2H3,(H,18,19,21)/t10-/m1/s1. The number of ether oxygens (including phenoxy) is 1. The molecule has 1 N–H and O–H groups in total. The van der Waals surface area contributed by atoms with Gasteiger partial charge in [0.05, 0.1) is 15.5 Å². The first kappa shape index (κ1) is 18.3. The van der Waals surface area contributed by atoms with Gasteiger partial charge in [0.2, 0.25) is 0 Å². The molecule has 0 saturated heterocycles. The third-order valence-corrected chi connectivity index (χ3v) is 3.48. The first-order valence-corrected chi connectivity index (χ1v) is 7.54. The summed E-state index contributed by atoms with van der Waals surface area (Å²) in [4.78, 5) is 38.3. The number of amides is 1. The van der Waals surface area contributed by atoms with Crippen molar-refractivity contribution >= 4 is 35.0 Å². The van der Waals surface area contributed by atoms with Crippen molar-refractivity contribution < 1.29 is 19.2 Å². The third-order valence-electron chi connectivity index (χ3n) is 3.26. The maximum atomic E-state index is 12.1. The molecular formula is C16H14ClN3O5. The van der Waals surface area contributed by atoms with Gasteiger partial charge in [-0.1, -0.05) is 11.6 Å². The number of nitro groups is 1. The van der Waals surface area contributed by atoms with E-state index in [0.717, 1.165) is 0 Å². The van der Waals surface area contributed by atoms with Crippen LogP contribution in [0.5, 0.6) is 0 Å². The van der Waals surface area contributed by atoms with Gasteiger partial charge in [0.1, 0.15) is 5.82 Å². The van der Waals surface area contributed by atoms with E-state index in [1.165, 1.54) is 44.3 Å². The Morgan fingerprint density at radius 1 is 1.32 bits per heavy atom. The van der Waals surface area contributed by atoms with E-state index in [1.54, 1.807) is 6.07 Å². The van der Waals surface area contributed by atoms with Crippen LogP contribution in [0.1, 0.15) is 22.8 Å². The molecule has 0 aliphatic heterocycles. The molecule has 2 aromatic rings. The first-order valence-electron chi connectivity index (χ1n) is 7.16. The molecule has 25 heavy (non-hydrogen) atoms. The lowest BCUT2D eigenvalue weighted by Gasteiger charge is -2.13. The fourth-order valence-electron chi connectivity index (χ4n) is 1.95. The molecule has 0 spiro atoms. The molecule has 0 bridgehead atoms. The Balaban J connectivity index is 2.01. The second-order valence-electron chi connectivity index (χ2n) is 5.16. The predicted octanol–water partition coefficient (Wildman–Crippen LogP) is 3.14. The molecule has 0 aliphatic carbocycles. The van der Waals surface area contributed by atoms with Crippen molar-refractivity contribution in [2.24, 2.45) is 0 Å². The van der Waals surface area contributed by atoms with Gasteiger partial charge in [-0.15, -0.1) is 0 Å². The number of hydrogen-bond acceptors (Lipinski definition) is 6. The van der Waals surface area contributed by atoms with Crippen LogP contribution in [-0.4, -0.2) is 27.9 Å². The molecule has 1 heterocycles. The highest BCUT2D eigenvalue weighted by molar-refractivity contribution is 6.30. The van der Waals surface area contributed by atoms with Crippen molar-refractivity contribution in [2.75, 3.05) is 5.32 Å². The average molecular weight is 364 g/mol. The number of halogens is 1. The lowest BCUT2D eigenvalue weighted by molar-refractivity contribution is -0.385. The van der Waals surface area contributed by atoms with Crippen molar-refractivity contribution in [3.63, 3.8) is 0 Å². The Morgan fingerprint density at radius 2 is 2.04 bits per heavy atom. The SMILES string of the molecule is Cc1cc(C(=O)O[C@H](C)C(=O)Nc2ccc(Cl)cn2)ccc1[N+](=O)[O-]. The zero-order valence-corrected chi connectivity index (χ0v) is 14.1. The van der Waals surface area contributed by atoms with Crippen LogP contribution in [0.4, 0.5) is 11.5 Å². The lowest BCUT2D eigenvalue weighted by Crippen LogP contribution is -2.30. The third kappa shape index (κ3) is 4.74. The molecule has 9 heteroatoms. The van der Waals surface area contributed by atoms with Crippen LogP contribution in [0.3, 0.4) is 0 Å². The number of carbonyl (C=O) groups excluding carboxylic acids is 2. The van der Waals surface area contributed by atoms with Crippen LogP contribution in [-0.2, 0) is 9.53 Å². The van der Waals surface area contributed by atoms with Crippen molar-refractivity contribution in [3.05, 3.63) is 62.8 Å². The maximum Gasteiger partial charge on any atom is 0.338 e. The monoisotopic (exact) mass is 363 g/mol. The molecular weight excluding hydrogens is 350 g/mol. The Hall–Kier alpha value is -3.00. The number of nitrogens with zero attached hydrogens (tertiary/aromatic N) is 2. The molecule has 0 radical (unpaired) electrons. The second kappa shape index (κ2) is 7.71. The molecule has 1 atom stereocenters. The van der Waals surface area contributed by atoms with E-state index in [1.807, 2.05) is 0 Å². The largest absolute Gasteiger partial charge is 0.449 e. The van der Waals surface area contributed by atoms with E-state index < -0.39 is 22.9 Å². The van der Waals surface area contributed by atoms with Crippen molar-refractivity contribution in [1.82, 2.24) is 4.98 Å². The number of nitro benzene ring substituents is 1. The van der Waals surface area contributed by atoms with Gasteiger partial charge in [-0.3, -0.25) is 14.9 Å². The summed E-state index contributed by atoms with van der Waals surface area (Å²) >= 11 is 5.70. The normalized spacial score (nSPS) is 11.5. The molecule has 0 fully saturated rings. The van der Waals surface area contributed by atoms with E-state index in [4.69, 9.17) is 16.3 Å². The summed E-state index contributed by atoms with van der Waals surface area (Å²) in [5, 5.41) is 13.7. The van der Waals surface area contributed by atoms with E-state index >= 15 is 0 Å². The molecule has 0 saturated carbocycles. The first-order chi connectivity index (χ1) is 11.8. The van der Waals surface area contributed by atoms with Crippen LogP contribution in [0.25, 0.3) is 0 Å². The van der Waals surface area contributed by atoms with Crippen molar-refractivity contribution in [3.8, 4) is 0 Å². The summed E-state index contributed by atoms with van der Waals surface area (Å²) in [6.07, 6.45) is 0.286. The Kier molecular flexibility index (Phi) is 5.66.